The number of nitrogens with one attached hydrogen (secondary N) is 1. The fourth-order valence-corrected chi connectivity index (χ4v) is 3.11. The first kappa shape index (κ1) is 16.0. The van der Waals surface area contributed by atoms with Crippen molar-refractivity contribution in [2.24, 2.45) is 0 Å². The Morgan fingerprint density at radius 1 is 1.05 bits per heavy atom. The van der Waals surface area contributed by atoms with Crippen molar-refractivity contribution in [1.29, 1.82) is 0 Å². The Labute approximate surface area is 130 Å². The average Bonchev–Trinajstić information content (AvgIpc) is 2.49. The Balaban J connectivity index is 2.41. The van der Waals surface area contributed by atoms with Crippen molar-refractivity contribution in [3.8, 4) is 0 Å². The topological polar surface area (TPSA) is 72.5 Å². The third kappa shape index (κ3) is 3.28. The van der Waals surface area contributed by atoms with E-state index in [1.807, 2.05) is 13.8 Å². The van der Waals surface area contributed by atoms with E-state index in [-0.39, 0.29) is 16.1 Å². The molecule has 0 saturated carbocycles. The van der Waals surface area contributed by atoms with Gasteiger partial charge in [0.15, 0.2) is 0 Å². The Bertz CT molecular complexity index is 813. The molecule has 2 aromatic carbocycles. The summed E-state index contributed by atoms with van der Waals surface area (Å²) >= 11 is 0. The number of hydrogen-bond acceptors (Lipinski definition) is 4. The second kappa shape index (κ2) is 6.19. The molecule has 0 radical (unpaired) electrons. The summed E-state index contributed by atoms with van der Waals surface area (Å²) < 4.78 is 32.0. The van der Waals surface area contributed by atoms with Crippen LogP contribution < -0.4 is 4.72 Å². The van der Waals surface area contributed by atoms with E-state index in [4.69, 9.17) is 0 Å². The molecular weight excluding hydrogens is 302 g/mol. The minimum absolute atomic E-state index is 0.148. The van der Waals surface area contributed by atoms with Gasteiger partial charge < -0.3 is 4.74 Å². The van der Waals surface area contributed by atoms with Crippen LogP contribution in [0.2, 0.25) is 0 Å². The molecule has 0 fully saturated rings. The summed E-state index contributed by atoms with van der Waals surface area (Å²) in [6, 6.07) is 11.2. The molecule has 6 heteroatoms. The lowest BCUT2D eigenvalue weighted by Crippen LogP contribution is -2.16. The summed E-state index contributed by atoms with van der Waals surface area (Å²) in [4.78, 5) is 11.8. The molecule has 5 nitrogen and oxygen atoms in total. The lowest BCUT2D eigenvalue weighted by molar-refractivity contribution is 0.0602. The maximum Gasteiger partial charge on any atom is 0.339 e. The van der Waals surface area contributed by atoms with Crippen LogP contribution in [-0.4, -0.2) is 21.5 Å². The van der Waals surface area contributed by atoms with E-state index in [9.17, 15) is 13.2 Å². The van der Waals surface area contributed by atoms with E-state index >= 15 is 0 Å². The van der Waals surface area contributed by atoms with Crippen LogP contribution >= 0.6 is 0 Å². The highest BCUT2D eigenvalue weighted by Gasteiger charge is 2.19. The predicted octanol–water partition coefficient (Wildman–Crippen LogP) is 2.89. The second-order valence-electron chi connectivity index (χ2n) is 4.89. The number of para-hydroxylation sites is 1. The van der Waals surface area contributed by atoms with Crippen LogP contribution in [0.25, 0.3) is 0 Å². The van der Waals surface area contributed by atoms with Gasteiger partial charge in [0.25, 0.3) is 10.0 Å². The highest BCUT2D eigenvalue weighted by atomic mass is 32.2. The zero-order chi connectivity index (χ0) is 16.3. The minimum atomic E-state index is -3.77. The molecule has 22 heavy (non-hydrogen) atoms. The molecule has 0 heterocycles. The first-order valence-corrected chi connectivity index (χ1v) is 8.11. The third-order valence-electron chi connectivity index (χ3n) is 3.37. The highest BCUT2D eigenvalue weighted by molar-refractivity contribution is 7.92. The average molecular weight is 319 g/mol. The number of carbonyl (C=O) groups excluding carboxylic acids is 1. The van der Waals surface area contributed by atoms with Crippen molar-refractivity contribution in [3.05, 3.63) is 59.2 Å². The molecule has 2 rings (SSSR count). The van der Waals surface area contributed by atoms with E-state index in [0.29, 0.717) is 0 Å². The smallest absolute Gasteiger partial charge is 0.339 e. The van der Waals surface area contributed by atoms with Gasteiger partial charge in [-0.05, 0) is 49.2 Å². The lowest BCUT2D eigenvalue weighted by Gasteiger charge is -2.12. The number of rotatable bonds is 4. The Morgan fingerprint density at radius 2 is 1.73 bits per heavy atom. The normalized spacial score (nSPS) is 11.0. The number of benzene rings is 2. The summed E-state index contributed by atoms with van der Waals surface area (Å²) in [6.07, 6.45) is 0. The predicted molar refractivity (Wildman–Crippen MR) is 84.5 cm³/mol. The number of methoxy groups -OCH3 is 1. The number of anilines is 1. The van der Waals surface area contributed by atoms with Gasteiger partial charge in [-0.25, -0.2) is 13.2 Å². The quantitative estimate of drug-likeness (QED) is 0.880. The molecule has 0 saturated heterocycles. The molecule has 0 aliphatic carbocycles. The maximum atomic E-state index is 12.5. The Hall–Kier alpha value is -2.34. The van der Waals surface area contributed by atoms with Gasteiger partial charge in [0.1, 0.15) is 0 Å². The second-order valence-corrected chi connectivity index (χ2v) is 6.57. The minimum Gasteiger partial charge on any atom is -0.465 e. The molecule has 1 N–H and O–H groups in total. The van der Waals surface area contributed by atoms with E-state index in [1.165, 1.54) is 25.3 Å². The fraction of sp³-hybridized carbons (Fsp3) is 0.188. The van der Waals surface area contributed by atoms with E-state index < -0.39 is 16.0 Å². The summed E-state index contributed by atoms with van der Waals surface area (Å²) in [6.45, 7) is 3.75. The van der Waals surface area contributed by atoms with Crippen LogP contribution in [0.3, 0.4) is 0 Å². The molecule has 0 aliphatic rings. The number of carbonyl (C=O) groups is 1. The zero-order valence-corrected chi connectivity index (χ0v) is 13.4. The van der Waals surface area contributed by atoms with Gasteiger partial charge in [-0.2, -0.15) is 0 Å². The van der Waals surface area contributed by atoms with Gasteiger partial charge in [0, 0.05) is 0 Å². The molecule has 2 aromatic rings. The van der Waals surface area contributed by atoms with Gasteiger partial charge in [-0.15, -0.1) is 0 Å². The fourth-order valence-electron chi connectivity index (χ4n) is 1.94. The maximum absolute atomic E-state index is 12.5. The van der Waals surface area contributed by atoms with Crippen LogP contribution in [0.15, 0.2) is 47.4 Å². The number of ether oxygens (including phenoxy) is 1. The number of aryl methyl sites for hydroxylation is 2. The first-order chi connectivity index (χ1) is 10.3. The summed E-state index contributed by atoms with van der Waals surface area (Å²) in [7, 11) is -2.53. The number of hydrogen-bond donors (Lipinski definition) is 1. The molecule has 0 spiro atoms. The third-order valence-corrected chi connectivity index (χ3v) is 4.73. The van der Waals surface area contributed by atoms with Gasteiger partial charge >= 0.3 is 5.97 Å². The van der Waals surface area contributed by atoms with Crippen LogP contribution in [0.4, 0.5) is 5.69 Å². The van der Waals surface area contributed by atoms with Gasteiger partial charge in [-0.3, -0.25) is 4.72 Å². The van der Waals surface area contributed by atoms with Crippen molar-refractivity contribution < 1.29 is 17.9 Å². The molecule has 0 unspecified atom stereocenters. The van der Waals surface area contributed by atoms with Crippen LogP contribution in [0.5, 0.6) is 0 Å². The van der Waals surface area contributed by atoms with Crippen molar-refractivity contribution in [2.75, 3.05) is 11.8 Å². The monoisotopic (exact) mass is 319 g/mol. The first-order valence-electron chi connectivity index (χ1n) is 6.62. The van der Waals surface area contributed by atoms with Crippen LogP contribution in [-0.2, 0) is 14.8 Å². The van der Waals surface area contributed by atoms with Crippen LogP contribution in [0.1, 0.15) is 21.5 Å². The zero-order valence-electron chi connectivity index (χ0n) is 12.6. The van der Waals surface area contributed by atoms with Crippen molar-refractivity contribution in [2.45, 2.75) is 18.7 Å². The standard InChI is InChI=1S/C16H17NO4S/c1-11-8-9-13(10-12(11)2)22(19,20)17-15-7-5-4-6-14(15)16(18)21-3/h4-10,17H,1-3H3. The lowest BCUT2D eigenvalue weighted by atomic mass is 10.1. The summed E-state index contributed by atoms with van der Waals surface area (Å²) in [5.41, 5.74) is 2.24. The van der Waals surface area contributed by atoms with Crippen molar-refractivity contribution in [3.63, 3.8) is 0 Å². The van der Waals surface area contributed by atoms with E-state index in [2.05, 4.69) is 9.46 Å². The Morgan fingerprint density at radius 3 is 2.36 bits per heavy atom. The molecule has 0 atom stereocenters. The largest absolute Gasteiger partial charge is 0.465 e. The molecule has 0 aromatic heterocycles. The van der Waals surface area contributed by atoms with Gasteiger partial charge in [0.05, 0.1) is 23.3 Å². The number of sulfonamides is 1. The summed E-state index contributed by atoms with van der Waals surface area (Å²) in [5, 5.41) is 0. The van der Waals surface area contributed by atoms with Gasteiger partial charge in [0.2, 0.25) is 0 Å². The van der Waals surface area contributed by atoms with Crippen molar-refractivity contribution in [1.82, 2.24) is 0 Å². The van der Waals surface area contributed by atoms with E-state index in [0.717, 1.165) is 11.1 Å². The molecule has 0 amide bonds. The number of esters is 1. The van der Waals surface area contributed by atoms with E-state index in [1.54, 1.807) is 24.3 Å². The highest BCUT2D eigenvalue weighted by Crippen LogP contribution is 2.22. The molecular formula is C16H17NO4S. The van der Waals surface area contributed by atoms with Crippen LogP contribution in [0, 0.1) is 13.8 Å². The molecule has 0 aliphatic heterocycles. The Kier molecular flexibility index (Phi) is 4.51. The molecule has 0 bridgehead atoms. The van der Waals surface area contributed by atoms with Gasteiger partial charge in [-0.1, -0.05) is 18.2 Å². The molecule has 116 valence electrons. The SMILES string of the molecule is COC(=O)c1ccccc1NS(=O)(=O)c1ccc(C)c(C)c1. The summed E-state index contributed by atoms with van der Waals surface area (Å²) in [5.74, 6) is -0.599. The van der Waals surface area contributed by atoms with Crippen molar-refractivity contribution >= 4 is 21.7 Å².